The maximum Gasteiger partial charge on any atom is 0.347 e. The highest BCUT2D eigenvalue weighted by molar-refractivity contribution is 7.72. The van der Waals surface area contributed by atoms with Gasteiger partial charge in [-0.15, -0.1) is 0 Å². The zero-order valence-electron chi connectivity index (χ0n) is 17.8. The monoisotopic (exact) mass is 448 g/mol. The van der Waals surface area contributed by atoms with Crippen molar-refractivity contribution in [2.75, 3.05) is 26.4 Å². The number of aromatic nitrogens is 4. The molecule has 0 aliphatic carbocycles. The minimum absolute atomic E-state index is 0.0394. The van der Waals surface area contributed by atoms with Crippen LogP contribution in [0.15, 0.2) is 6.33 Å². The molecule has 0 saturated carbocycles. The summed E-state index contributed by atoms with van der Waals surface area (Å²) < 4.78 is 51.0. The van der Waals surface area contributed by atoms with Crippen molar-refractivity contribution in [3.63, 3.8) is 0 Å². The molecular formula is C17H30N4O6P2. The van der Waals surface area contributed by atoms with Crippen LogP contribution in [0.4, 0.5) is 0 Å². The van der Waals surface area contributed by atoms with E-state index in [0.29, 0.717) is 11.3 Å². The van der Waals surface area contributed by atoms with Gasteiger partial charge < -0.3 is 22.7 Å². The molecule has 2 heterocycles. The van der Waals surface area contributed by atoms with Gasteiger partial charge in [0.2, 0.25) is 0 Å². The Kier molecular flexibility index (Phi) is 8.52. The van der Waals surface area contributed by atoms with E-state index in [4.69, 9.17) is 18.1 Å². The summed E-state index contributed by atoms with van der Waals surface area (Å²) in [5.41, 5.74) is 2.43. The number of imidazole rings is 1. The van der Waals surface area contributed by atoms with Gasteiger partial charge in [-0.2, -0.15) is 0 Å². The zero-order chi connectivity index (χ0) is 21.7. The SMILES string of the molecule is CCOP(=O)(OCC)C(Cn1cnc2nc(C)c(C)nc21)P(=O)(OCC)OCC. The molecular weight excluding hydrogens is 418 g/mol. The molecule has 0 atom stereocenters. The quantitative estimate of drug-likeness (QED) is 0.438. The van der Waals surface area contributed by atoms with Gasteiger partial charge in [0.05, 0.1) is 50.7 Å². The maximum atomic E-state index is 13.6. The number of rotatable bonds is 12. The number of nitrogens with zero attached hydrogens (tertiary/aromatic N) is 4. The second-order valence-electron chi connectivity index (χ2n) is 6.17. The Morgan fingerprint density at radius 2 is 1.31 bits per heavy atom. The molecule has 2 aromatic heterocycles. The van der Waals surface area contributed by atoms with Crippen molar-refractivity contribution in [2.24, 2.45) is 0 Å². The van der Waals surface area contributed by atoms with Crippen LogP contribution in [0.1, 0.15) is 39.1 Å². The second-order valence-corrected chi connectivity index (χ2v) is 11.0. The first-order chi connectivity index (χ1) is 13.7. The molecule has 0 unspecified atom stereocenters. The van der Waals surface area contributed by atoms with Gasteiger partial charge >= 0.3 is 15.2 Å². The highest BCUT2D eigenvalue weighted by Crippen LogP contribution is 2.70. The van der Waals surface area contributed by atoms with Crippen LogP contribution >= 0.6 is 15.2 Å². The first-order valence-electron chi connectivity index (χ1n) is 9.68. The lowest BCUT2D eigenvalue weighted by atomic mass is 10.3. The van der Waals surface area contributed by atoms with E-state index in [2.05, 4.69) is 15.0 Å². The molecule has 0 fully saturated rings. The Hall–Kier alpha value is -1.15. The van der Waals surface area contributed by atoms with E-state index in [1.54, 1.807) is 32.3 Å². The van der Waals surface area contributed by atoms with Gasteiger partial charge in [-0.05, 0) is 41.5 Å². The predicted molar refractivity (Wildman–Crippen MR) is 110 cm³/mol. The summed E-state index contributed by atoms with van der Waals surface area (Å²) in [6.07, 6.45) is 1.51. The fraction of sp³-hybridized carbons (Fsp3) is 0.706. The minimum Gasteiger partial charge on any atom is -0.312 e. The van der Waals surface area contributed by atoms with E-state index in [-0.39, 0.29) is 33.0 Å². The summed E-state index contributed by atoms with van der Waals surface area (Å²) in [4.78, 5) is 13.2. The number of fused-ring (bicyclic) bond motifs is 1. The van der Waals surface area contributed by atoms with Crippen molar-refractivity contribution >= 4 is 26.5 Å². The molecule has 0 radical (unpaired) electrons. The molecule has 29 heavy (non-hydrogen) atoms. The van der Waals surface area contributed by atoms with Crippen LogP contribution in [0, 0.1) is 13.8 Å². The smallest absolute Gasteiger partial charge is 0.312 e. The number of hydrogen-bond acceptors (Lipinski definition) is 9. The number of aryl methyl sites for hydroxylation is 2. The molecule has 0 aromatic carbocycles. The molecule has 0 aliphatic heterocycles. The highest BCUT2D eigenvalue weighted by Gasteiger charge is 2.51. The van der Waals surface area contributed by atoms with E-state index >= 15 is 0 Å². The van der Waals surface area contributed by atoms with Gasteiger partial charge in [-0.3, -0.25) is 9.13 Å². The third-order valence-corrected chi connectivity index (χ3v) is 10.1. The molecule has 2 aromatic rings. The maximum absolute atomic E-state index is 13.6. The molecule has 0 spiro atoms. The molecule has 12 heteroatoms. The third-order valence-electron chi connectivity index (χ3n) is 4.19. The van der Waals surface area contributed by atoms with Crippen LogP contribution < -0.4 is 0 Å². The van der Waals surface area contributed by atoms with E-state index in [1.807, 2.05) is 13.8 Å². The standard InChI is InChI=1S/C17H30N4O6P2/c1-7-24-28(22,25-8-2)15(29(23,26-9-3)27-10-4)11-21-12-18-16-17(21)20-14(6)13(5)19-16/h12,15H,7-11H2,1-6H3. The lowest BCUT2D eigenvalue weighted by Gasteiger charge is -2.31. The summed E-state index contributed by atoms with van der Waals surface area (Å²) >= 11 is 0. The van der Waals surface area contributed by atoms with Gasteiger partial charge in [0.15, 0.2) is 16.7 Å². The lowest BCUT2D eigenvalue weighted by Crippen LogP contribution is -2.23. The fourth-order valence-electron chi connectivity index (χ4n) is 2.86. The summed E-state index contributed by atoms with van der Waals surface area (Å²) in [5.74, 6) is 0. The highest BCUT2D eigenvalue weighted by atomic mass is 31.2. The van der Waals surface area contributed by atoms with Crippen LogP contribution in [0.25, 0.3) is 11.3 Å². The van der Waals surface area contributed by atoms with Gasteiger partial charge in [0.1, 0.15) is 0 Å². The van der Waals surface area contributed by atoms with Gasteiger partial charge in [-0.1, -0.05) is 0 Å². The van der Waals surface area contributed by atoms with Crippen molar-refractivity contribution < 1.29 is 27.2 Å². The minimum atomic E-state index is -3.86. The largest absolute Gasteiger partial charge is 0.347 e. The number of hydrogen-bond donors (Lipinski definition) is 0. The molecule has 0 amide bonds. The third kappa shape index (κ3) is 5.32. The molecule has 0 N–H and O–H groups in total. The Bertz CT molecular complexity index is 869. The summed E-state index contributed by atoms with van der Waals surface area (Å²) in [7, 11) is -7.72. The molecule has 0 bridgehead atoms. The second kappa shape index (κ2) is 10.2. The molecule has 2 rings (SSSR count). The van der Waals surface area contributed by atoms with Crippen LogP contribution in [0.3, 0.4) is 0 Å². The van der Waals surface area contributed by atoms with Crippen molar-refractivity contribution in [1.29, 1.82) is 0 Å². The average molecular weight is 448 g/mol. The topological polar surface area (TPSA) is 115 Å². The summed E-state index contributed by atoms with van der Waals surface area (Å²) in [6.45, 7) is 10.9. The van der Waals surface area contributed by atoms with E-state index in [1.165, 1.54) is 6.33 Å². The Labute approximate surface area is 171 Å². The Morgan fingerprint density at radius 3 is 1.76 bits per heavy atom. The molecule has 10 nitrogen and oxygen atoms in total. The van der Waals surface area contributed by atoms with Gasteiger partial charge in [-0.25, -0.2) is 15.0 Å². The zero-order valence-corrected chi connectivity index (χ0v) is 19.6. The lowest BCUT2D eigenvalue weighted by molar-refractivity contribution is 0.192. The van der Waals surface area contributed by atoms with E-state index in [9.17, 15) is 9.13 Å². The summed E-state index contributed by atoms with van der Waals surface area (Å²) in [6, 6.07) is 0. The van der Waals surface area contributed by atoms with Gasteiger partial charge in [0, 0.05) is 0 Å². The first-order valence-corrected chi connectivity index (χ1v) is 12.9. The van der Waals surface area contributed by atoms with Gasteiger partial charge in [0.25, 0.3) is 0 Å². The van der Waals surface area contributed by atoms with Crippen LogP contribution in [0.5, 0.6) is 0 Å². The van der Waals surface area contributed by atoms with Crippen molar-refractivity contribution in [2.45, 2.75) is 53.5 Å². The first kappa shape index (κ1) is 24.1. The van der Waals surface area contributed by atoms with E-state index in [0.717, 1.165) is 11.4 Å². The average Bonchev–Trinajstić information content (AvgIpc) is 3.02. The van der Waals surface area contributed by atoms with E-state index < -0.39 is 20.6 Å². The summed E-state index contributed by atoms with van der Waals surface area (Å²) in [5, 5.41) is -1.18. The van der Waals surface area contributed by atoms with Crippen molar-refractivity contribution in [3.8, 4) is 0 Å². The van der Waals surface area contributed by atoms with Crippen LogP contribution in [-0.2, 0) is 33.8 Å². The Balaban J connectivity index is 2.59. The van der Waals surface area contributed by atoms with Crippen molar-refractivity contribution in [1.82, 2.24) is 19.5 Å². The van der Waals surface area contributed by atoms with Crippen LogP contribution in [0.2, 0.25) is 0 Å². The van der Waals surface area contributed by atoms with Crippen LogP contribution in [-0.4, -0.2) is 51.3 Å². The normalized spacial score (nSPS) is 12.9. The molecule has 0 saturated heterocycles. The Morgan fingerprint density at radius 1 is 0.862 bits per heavy atom. The molecule has 0 aliphatic rings. The molecule has 164 valence electrons. The fourth-order valence-corrected chi connectivity index (χ4v) is 8.07. The van der Waals surface area contributed by atoms with Crippen molar-refractivity contribution in [3.05, 3.63) is 17.7 Å². The predicted octanol–water partition coefficient (Wildman–Crippen LogP) is 4.30.